The Hall–Kier alpha value is 0.376. The minimum absolute atomic E-state index is 0. The van der Waals surface area contributed by atoms with Gasteiger partial charge in [0.05, 0.1) is 13.2 Å². The zero-order chi connectivity index (χ0) is 30.5. The van der Waals surface area contributed by atoms with Crippen LogP contribution in [-0.2, 0) is 39.6 Å². The van der Waals surface area contributed by atoms with Gasteiger partial charge in [0, 0.05) is 0 Å². The van der Waals surface area contributed by atoms with Crippen molar-refractivity contribution in [3.05, 3.63) is 0 Å². The second kappa shape index (κ2) is 32.3. The molecule has 0 amide bonds. The fourth-order valence-electron chi connectivity index (χ4n) is 3.50. The van der Waals surface area contributed by atoms with Crippen molar-refractivity contribution in [1.29, 1.82) is 0 Å². The molecule has 0 saturated heterocycles. The summed E-state index contributed by atoms with van der Waals surface area (Å²) in [6.07, 6.45) is 23.4. The second-order valence-electron chi connectivity index (χ2n) is 9.27. The average molecular weight is 653 g/mol. The van der Waals surface area contributed by atoms with Crippen LogP contribution < -0.4 is 0 Å². The van der Waals surface area contributed by atoms with E-state index in [1.807, 2.05) is 0 Å². The van der Waals surface area contributed by atoms with E-state index in [1.54, 1.807) is 0 Å². The first kappa shape index (κ1) is 47.3. The van der Waals surface area contributed by atoms with Gasteiger partial charge in [0.15, 0.2) is 0 Å². The first-order valence-electron chi connectivity index (χ1n) is 14.0. The van der Waals surface area contributed by atoms with Crippen LogP contribution in [0.1, 0.15) is 142 Å². The van der Waals surface area contributed by atoms with Crippen LogP contribution in [0.5, 0.6) is 0 Å². The van der Waals surface area contributed by atoms with Crippen molar-refractivity contribution in [1.82, 2.24) is 0 Å². The molecule has 0 radical (unpaired) electrons. The van der Waals surface area contributed by atoms with Crippen LogP contribution in [0, 0.1) is 0 Å². The summed E-state index contributed by atoms with van der Waals surface area (Å²) in [6.45, 7) is 4.49. The Morgan fingerprint density at radius 1 is 0.450 bits per heavy atom. The Labute approximate surface area is 260 Å². The third-order valence-electron chi connectivity index (χ3n) is 5.45. The van der Waals surface area contributed by atoms with E-state index in [0.717, 1.165) is 25.7 Å². The van der Waals surface area contributed by atoms with E-state index in [9.17, 15) is 25.9 Å². The molecule has 0 aromatic carbocycles. The molecule has 0 bridgehead atoms. The van der Waals surface area contributed by atoms with Crippen molar-refractivity contribution in [3.63, 3.8) is 0 Å². The van der Waals surface area contributed by atoms with Gasteiger partial charge in [-0.1, -0.05) is 129 Å². The Kier molecular flexibility index (Phi) is 38.2. The summed E-state index contributed by atoms with van der Waals surface area (Å²) >= 11 is 0. The van der Waals surface area contributed by atoms with Gasteiger partial charge in [-0.3, -0.25) is 17.5 Å². The molecule has 0 saturated carbocycles. The van der Waals surface area contributed by atoms with Crippen molar-refractivity contribution in [2.75, 3.05) is 13.2 Å². The maximum atomic E-state index is 10.1. The maximum absolute atomic E-state index is 10.1. The Morgan fingerprint density at radius 2 is 0.625 bits per heavy atom. The standard InChI is InChI=1S/2C12H26O4S.Mg.H2O4S/c2*1-2-3-4-5-6-7-8-9-10-11-12-16-17(13,14)15;;1-5(2,3)4/h2*2-12H2,1H3,(H,13,14,15);;(H2,1,2,3,4)/q;;+2;/p-2. The molecule has 0 aliphatic heterocycles. The summed E-state index contributed by atoms with van der Waals surface area (Å²) in [5.74, 6) is 0. The third kappa shape index (κ3) is 66.6. The van der Waals surface area contributed by atoms with Crippen molar-refractivity contribution in [2.24, 2.45) is 0 Å². The predicted octanol–water partition coefficient (Wildman–Crippen LogP) is 5.73. The molecule has 0 rings (SSSR count). The smallest absolute Gasteiger partial charge is 0.726 e. The molecule has 0 aromatic heterocycles. The Bertz CT molecular complexity index is 758. The van der Waals surface area contributed by atoms with Crippen LogP contribution in [0.4, 0.5) is 0 Å². The average Bonchev–Trinajstić information content (AvgIpc) is 2.79. The van der Waals surface area contributed by atoms with Gasteiger partial charge in [-0.05, 0) is 12.8 Å². The van der Waals surface area contributed by atoms with Gasteiger partial charge in [0.1, 0.15) is 0 Å². The summed E-state index contributed by atoms with van der Waals surface area (Å²) in [5.41, 5.74) is 0. The van der Waals surface area contributed by atoms with Gasteiger partial charge >= 0.3 is 33.5 Å². The summed E-state index contributed by atoms with van der Waals surface area (Å²) in [5, 5.41) is 0. The van der Waals surface area contributed by atoms with E-state index in [1.165, 1.54) is 89.9 Å². The molecular weight excluding hydrogens is 601 g/mol. The molecule has 0 aliphatic carbocycles. The molecule has 0 aliphatic rings. The Morgan fingerprint density at radius 3 is 0.800 bits per heavy atom. The van der Waals surface area contributed by atoms with E-state index in [0.29, 0.717) is 12.8 Å². The quantitative estimate of drug-likeness (QED) is 0.0554. The molecule has 40 heavy (non-hydrogen) atoms. The van der Waals surface area contributed by atoms with Crippen LogP contribution in [-0.4, -0.2) is 79.7 Å². The minimum atomic E-state index is -4.67. The molecule has 16 heteroatoms. The van der Waals surface area contributed by atoms with Crippen molar-refractivity contribution < 1.29 is 51.8 Å². The van der Waals surface area contributed by atoms with Crippen molar-refractivity contribution in [3.8, 4) is 0 Å². The first-order valence-corrected chi connectivity index (χ1v) is 18.1. The van der Waals surface area contributed by atoms with Crippen LogP contribution in [0.25, 0.3) is 0 Å². The molecular formula is C24H52MgO12S3. The monoisotopic (exact) mass is 652 g/mol. The molecule has 240 valence electrons. The van der Waals surface area contributed by atoms with Gasteiger partial charge in [-0.25, -0.2) is 16.8 Å². The molecule has 0 heterocycles. The van der Waals surface area contributed by atoms with Crippen LogP contribution in [0.2, 0.25) is 0 Å². The zero-order valence-corrected chi connectivity index (χ0v) is 28.3. The fourth-order valence-corrected chi connectivity index (χ4v) is 4.14. The SMILES string of the molecule is CCCCCCCCCCCCOS(=O)(=O)[O-].CCCCCCCCCCCCOS(=O)(=O)[O-].O=S(=O)(O)O.[Mg+2]. The summed E-state index contributed by atoms with van der Waals surface area (Å²) < 4.78 is 101. The van der Waals surface area contributed by atoms with Crippen LogP contribution in [0.15, 0.2) is 0 Å². The topological polar surface area (TPSA) is 207 Å². The third-order valence-corrected chi connectivity index (χ3v) is 6.36. The van der Waals surface area contributed by atoms with E-state index in [4.69, 9.17) is 17.5 Å². The fraction of sp³-hybridized carbons (Fsp3) is 1.00. The summed E-state index contributed by atoms with van der Waals surface area (Å²) in [4.78, 5) is 0. The van der Waals surface area contributed by atoms with Gasteiger partial charge in [0.25, 0.3) is 0 Å². The zero-order valence-electron chi connectivity index (χ0n) is 24.5. The molecule has 12 nitrogen and oxygen atoms in total. The summed E-state index contributed by atoms with van der Waals surface area (Å²) in [7, 11) is -13.6. The number of hydrogen-bond acceptors (Lipinski definition) is 10. The van der Waals surface area contributed by atoms with E-state index in [2.05, 4.69) is 22.2 Å². The van der Waals surface area contributed by atoms with Crippen LogP contribution in [0.3, 0.4) is 0 Å². The molecule has 0 unspecified atom stereocenters. The largest absolute Gasteiger partial charge is 2.00 e. The van der Waals surface area contributed by atoms with E-state index in [-0.39, 0.29) is 36.3 Å². The normalized spacial score (nSPS) is 11.6. The van der Waals surface area contributed by atoms with E-state index >= 15 is 0 Å². The van der Waals surface area contributed by atoms with Gasteiger partial charge in [-0.15, -0.1) is 0 Å². The molecule has 0 atom stereocenters. The number of unbranched alkanes of at least 4 members (excludes halogenated alkanes) is 18. The van der Waals surface area contributed by atoms with Crippen molar-refractivity contribution in [2.45, 2.75) is 142 Å². The molecule has 2 N–H and O–H groups in total. The summed E-state index contributed by atoms with van der Waals surface area (Å²) in [6, 6.07) is 0. The Balaban J connectivity index is -0.000000271. The molecule has 0 spiro atoms. The van der Waals surface area contributed by atoms with Gasteiger partial charge < -0.3 is 9.11 Å². The van der Waals surface area contributed by atoms with Gasteiger partial charge in [-0.2, -0.15) is 8.42 Å². The van der Waals surface area contributed by atoms with Crippen LogP contribution >= 0.6 is 0 Å². The van der Waals surface area contributed by atoms with Gasteiger partial charge in [0.2, 0.25) is 20.8 Å². The second-order valence-corrected chi connectivity index (χ2v) is 12.3. The maximum Gasteiger partial charge on any atom is 2.00 e. The predicted molar refractivity (Wildman–Crippen MR) is 155 cm³/mol. The minimum Gasteiger partial charge on any atom is -0.726 e. The number of rotatable bonds is 24. The first-order chi connectivity index (χ1) is 18.1. The van der Waals surface area contributed by atoms with Crippen molar-refractivity contribution >= 4 is 54.2 Å². The number of hydrogen-bond donors (Lipinski definition) is 2. The van der Waals surface area contributed by atoms with E-state index < -0.39 is 31.2 Å². The molecule has 0 fully saturated rings. The molecule has 0 aromatic rings.